The fourth-order valence-electron chi connectivity index (χ4n) is 2.90. The number of ether oxygens (including phenoxy) is 1. The predicted molar refractivity (Wildman–Crippen MR) is 78.9 cm³/mol. The third kappa shape index (κ3) is 3.81. The van der Waals surface area contributed by atoms with Crippen LogP contribution in [0.1, 0.15) is 30.4 Å². The minimum Gasteiger partial charge on any atom is -0.380 e. The lowest BCUT2D eigenvalue weighted by molar-refractivity contribution is -0.126. The summed E-state index contributed by atoms with van der Waals surface area (Å²) in [5, 5.41) is 3.03. The Hall–Kier alpha value is -1.39. The van der Waals surface area contributed by atoms with Crippen LogP contribution in [-0.2, 0) is 22.7 Å². The molecule has 0 heterocycles. The molecule has 1 aromatic rings. The normalized spacial score (nSPS) is 21.9. The predicted octanol–water partition coefficient (Wildman–Crippen LogP) is 1.82. The summed E-state index contributed by atoms with van der Waals surface area (Å²) in [6.45, 7) is 1.82. The smallest absolute Gasteiger partial charge is 0.223 e. The van der Waals surface area contributed by atoms with E-state index < -0.39 is 0 Å². The van der Waals surface area contributed by atoms with Crippen LogP contribution in [0.25, 0.3) is 0 Å². The Morgan fingerprint density at radius 2 is 2.00 bits per heavy atom. The van der Waals surface area contributed by atoms with Gasteiger partial charge in [0.2, 0.25) is 5.91 Å². The zero-order valence-corrected chi connectivity index (χ0v) is 12.1. The highest BCUT2D eigenvalue weighted by molar-refractivity contribution is 5.79. The van der Waals surface area contributed by atoms with Gasteiger partial charge < -0.3 is 15.8 Å². The van der Waals surface area contributed by atoms with Crippen LogP contribution in [-0.4, -0.2) is 19.6 Å². The molecule has 2 rings (SSSR count). The van der Waals surface area contributed by atoms with Crippen LogP contribution >= 0.6 is 0 Å². The van der Waals surface area contributed by atoms with Crippen LogP contribution < -0.4 is 11.1 Å². The van der Waals surface area contributed by atoms with Gasteiger partial charge in [-0.2, -0.15) is 0 Å². The first-order valence-electron chi connectivity index (χ1n) is 7.29. The van der Waals surface area contributed by atoms with E-state index in [0.717, 1.165) is 30.4 Å². The quantitative estimate of drug-likeness (QED) is 0.833. The monoisotopic (exact) mass is 276 g/mol. The summed E-state index contributed by atoms with van der Waals surface area (Å²) in [6, 6.07) is 8.12. The lowest BCUT2D eigenvalue weighted by Crippen LogP contribution is -2.34. The van der Waals surface area contributed by atoms with Gasteiger partial charge in [-0.1, -0.05) is 30.7 Å². The Balaban J connectivity index is 1.83. The topological polar surface area (TPSA) is 64.3 Å². The largest absolute Gasteiger partial charge is 0.380 e. The highest BCUT2D eigenvalue weighted by Crippen LogP contribution is 2.30. The maximum absolute atomic E-state index is 12.2. The molecule has 0 bridgehead atoms. The van der Waals surface area contributed by atoms with Gasteiger partial charge in [0.25, 0.3) is 0 Å². The van der Waals surface area contributed by atoms with Crippen LogP contribution in [0.5, 0.6) is 0 Å². The van der Waals surface area contributed by atoms with Crippen molar-refractivity contribution < 1.29 is 9.53 Å². The summed E-state index contributed by atoms with van der Waals surface area (Å²) < 4.78 is 5.08. The van der Waals surface area contributed by atoms with Crippen molar-refractivity contribution in [3.63, 3.8) is 0 Å². The zero-order chi connectivity index (χ0) is 14.4. The molecule has 0 radical (unpaired) electrons. The number of rotatable bonds is 6. The Labute approximate surface area is 120 Å². The Morgan fingerprint density at radius 3 is 2.65 bits per heavy atom. The summed E-state index contributed by atoms with van der Waals surface area (Å²) in [5.74, 6) is 0.616. The summed E-state index contributed by atoms with van der Waals surface area (Å²) in [7, 11) is 1.68. The van der Waals surface area contributed by atoms with Crippen LogP contribution in [0.15, 0.2) is 24.3 Å². The van der Waals surface area contributed by atoms with E-state index in [-0.39, 0.29) is 11.8 Å². The highest BCUT2D eigenvalue weighted by atomic mass is 16.5. The van der Waals surface area contributed by atoms with Crippen LogP contribution in [0, 0.1) is 11.8 Å². The number of methoxy groups -OCH3 is 1. The first-order valence-corrected chi connectivity index (χ1v) is 7.29. The van der Waals surface area contributed by atoms with Crippen molar-refractivity contribution in [1.29, 1.82) is 0 Å². The fourth-order valence-corrected chi connectivity index (χ4v) is 2.90. The van der Waals surface area contributed by atoms with Crippen molar-refractivity contribution in [2.45, 2.75) is 32.4 Å². The summed E-state index contributed by atoms with van der Waals surface area (Å²) >= 11 is 0. The molecule has 1 saturated carbocycles. The third-order valence-electron chi connectivity index (χ3n) is 4.10. The van der Waals surface area contributed by atoms with E-state index in [1.165, 1.54) is 0 Å². The minimum atomic E-state index is 0.104. The average Bonchev–Trinajstić information content (AvgIpc) is 2.95. The number of benzene rings is 1. The molecule has 0 aromatic heterocycles. The lowest BCUT2D eigenvalue weighted by Gasteiger charge is -2.17. The zero-order valence-electron chi connectivity index (χ0n) is 12.1. The van der Waals surface area contributed by atoms with E-state index in [1.807, 2.05) is 24.3 Å². The highest BCUT2D eigenvalue weighted by Gasteiger charge is 2.31. The van der Waals surface area contributed by atoms with Gasteiger partial charge in [0.1, 0.15) is 0 Å². The number of nitrogens with two attached hydrogens (primary N) is 1. The molecule has 20 heavy (non-hydrogen) atoms. The molecule has 3 N–H and O–H groups in total. The summed E-state index contributed by atoms with van der Waals surface area (Å²) in [6.07, 6.45) is 3.17. The van der Waals surface area contributed by atoms with Crippen molar-refractivity contribution in [2.24, 2.45) is 17.6 Å². The Bertz CT molecular complexity index is 431. The molecular weight excluding hydrogens is 252 g/mol. The van der Waals surface area contributed by atoms with E-state index in [4.69, 9.17) is 10.5 Å². The number of hydrogen-bond donors (Lipinski definition) is 2. The SMILES string of the molecule is COCc1ccc(CNC(=O)[C@@H]2CCC[C@@H]2CN)cc1. The lowest BCUT2D eigenvalue weighted by atomic mass is 9.95. The molecule has 1 aromatic carbocycles. The van der Waals surface area contributed by atoms with Crippen molar-refractivity contribution >= 4 is 5.91 Å². The first kappa shape index (κ1) is 15.0. The van der Waals surface area contributed by atoms with Gasteiger partial charge in [0.05, 0.1) is 6.61 Å². The average molecular weight is 276 g/mol. The number of hydrogen-bond acceptors (Lipinski definition) is 3. The molecular formula is C16H24N2O2. The number of amides is 1. The second kappa shape index (κ2) is 7.41. The van der Waals surface area contributed by atoms with Crippen molar-refractivity contribution in [3.05, 3.63) is 35.4 Å². The summed E-state index contributed by atoms with van der Waals surface area (Å²) in [4.78, 5) is 12.2. The Morgan fingerprint density at radius 1 is 1.30 bits per heavy atom. The first-order chi connectivity index (χ1) is 9.74. The van der Waals surface area contributed by atoms with Gasteiger partial charge in [0.15, 0.2) is 0 Å². The van der Waals surface area contributed by atoms with Gasteiger partial charge in [-0.05, 0) is 36.4 Å². The van der Waals surface area contributed by atoms with Crippen molar-refractivity contribution in [3.8, 4) is 0 Å². The second-order valence-electron chi connectivity index (χ2n) is 5.50. The van der Waals surface area contributed by atoms with Crippen LogP contribution in [0.2, 0.25) is 0 Å². The minimum absolute atomic E-state index is 0.104. The molecule has 0 unspecified atom stereocenters. The molecule has 1 amide bonds. The molecule has 110 valence electrons. The van der Waals surface area contributed by atoms with Gasteiger partial charge in [-0.15, -0.1) is 0 Å². The van der Waals surface area contributed by atoms with Gasteiger partial charge in [-0.25, -0.2) is 0 Å². The molecule has 0 spiro atoms. The van der Waals surface area contributed by atoms with E-state index in [1.54, 1.807) is 7.11 Å². The third-order valence-corrected chi connectivity index (χ3v) is 4.10. The van der Waals surface area contributed by atoms with E-state index in [2.05, 4.69) is 5.32 Å². The number of carbonyl (C=O) groups excluding carboxylic acids is 1. The molecule has 1 fully saturated rings. The molecule has 1 aliphatic carbocycles. The van der Waals surface area contributed by atoms with E-state index in [0.29, 0.717) is 25.6 Å². The van der Waals surface area contributed by atoms with Crippen molar-refractivity contribution in [1.82, 2.24) is 5.32 Å². The van der Waals surface area contributed by atoms with Crippen LogP contribution in [0.4, 0.5) is 0 Å². The maximum Gasteiger partial charge on any atom is 0.223 e. The molecule has 2 atom stereocenters. The van der Waals surface area contributed by atoms with Gasteiger partial charge in [-0.3, -0.25) is 4.79 Å². The molecule has 0 saturated heterocycles. The molecule has 0 aliphatic heterocycles. The number of nitrogens with one attached hydrogen (secondary N) is 1. The molecule has 4 heteroatoms. The van der Waals surface area contributed by atoms with E-state index in [9.17, 15) is 4.79 Å². The van der Waals surface area contributed by atoms with Gasteiger partial charge >= 0.3 is 0 Å². The number of carbonyl (C=O) groups is 1. The van der Waals surface area contributed by atoms with E-state index >= 15 is 0 Å². The second-order valence-corrected chi connectivity index (χ2v) is 5.50. The molecule has 4 nitrogen and oxygen atoms in total. The van der Waals surface area contributed by atoms with Crippen LogP contribution in [0.3, 0.4) is 0 Å². The Kier molecular flexibility index (Phi) is 5.56. The van der Waals surface area contributed by atoms with Gasteiger partial charge in [0, 0.05) is 19.6 Å². The maximum atomic E-state index is 12.2. The fraction of sp³-hybridized carbons (Fsp3) is 0.562. The van der Waals surface area contributed by atoms with Crippen molar-refractivity contribution in [2.75, 3.05) is 13.7 Å². The molecule has 1 aliphatic rings. The summed E-state index contributed by atoms with van der Waals surface area (Å²) in [5.41, 5.74) is 7.97. The standard InChI is InChI=1S/C16H24N2O2/c1-20-11-13-7-5-12(6-8-13)10-18-16(19)15-4-2-3-14(15)9-17/h5-8,14-15H,2-4,9-11,17H2,1H3,(H,18,19)/t14-,15-/m1/s1.